The average Bonchev–Trinajstić information content (AvgIpc) is 3.48. The highest BCUT2D eigenvalue weighted by Gasteiger charge is 2.25. The lowest BCUT2D eigenvalue weighted by atomic mass is 10.0. The molecule has 2 amide bonds. The summed E-state index contributed by atoms with van der Waals surface area (Å²) in [4.78, 5) is 31.0. The van der Waals surface area contributed by atoms with Crippen molar-refractivity contribution in [2.75, 3.05) is 25.5 Å². The number of hydrazine groups is 1. The van der Waals surface area contributed by atoms with Gasteiger partial charge in [-0.1, -0.05) is 18.7 Å². The van der Waals surface area contributed by atoms with Crippen LogP contribution in [-0.2, 0) is 4.79 Å². The van der Waals surface area contributed by atoms with Crippen LogP contribution in [0.4, 0.5) is 5.69 Å². The number of nitrogens with one attached hydrogen (secondary N) is 2. The summed E-state index contributed by atoms with van der Waals surface area (Å²) in [6.45, 7) is 4.73. The van der Waals surface area contributed by atoms with Gasteiger partial charge in [-0.3, -0.25) is 14.7 Å². The first-order chi connectivity index (χ1) is 17.9. The highest BCUT2D eigenvalue weighted by molar-refractivity contribution is 6.04. The van der Waals surface area contributed by atoms with Crippen LogP contribution in [0.3, 0.4) is 0 Å². The fourth-order valence-electron chi connectivity index (χ4n) is 4.14. The van der Waals surface area contributed by atoms with E-state index in [0.717, 1.165) is 12.8 Å². The molecule has 4 rings (SSSR count). The molecule has 0 saturated carbocycles. The smallest absolute Gasteiger partial charge is 0.274 e. The largest absolute Gasteiger partial charge is 0.495 e. The molecule has 6 N–H and O–H groups in total. The summed E-state index contributed by atoms with van der Waals surface area (Å²) in [5.74, 6) is 6.21. The predicted octanol–water partition coefficient (Wildman–Crippen LogP) is 2.34. The molecule has 0 spiro atoms. The molecule has 37 heavy (non-hydrogen) atoms. The van der Waals surface area contributed by atoms with Crippen molar-refractivity contribution in [3.05, 3.63) is 78.8 Å². The number of carbonyl (C=O) groups is 2. The van der Waals surface area contributed by atoms with E-state index in [1.165, 1.54) is 13.2 Å². The summed E-state index contributed by atoms with van der Waals surface area (Å²) in [6, 6.07) is 12.1. The Bertz CT molecular complexity index is 1300. The topological polar surface area (TPSA) is 155 Å². The number of rotatable bonds is 8. The van der Waals surface area contributed by atoms with Crippen molar-refractivity contribution < 1.29 is 14.3 Å². The Morgan fingerprint density at radius 3 is 2.86 bits per heavy atom. The molecule has 3 heterocycles. The highest BCUT2D eigenvalue weighted by atomic mass is 16.5. The SMILES string of the molecule is C=CC(=O)N1CCC[C@@H](N(N)/C=C(\N)c2ccc(NC(=O)c3cccc(-c4ccn[nH]4)n3)c(OC)c2)C1. The zero-order chi connectivity index (χ0) is 26.4. The minimum absolute atomic E-state index is 0.0679. The van der Waals surface area contributed by atoms with E-state index >= 15 is 0 Å². The second-order valence-corrected chi connectivity index (χ2v) is 8.56. The fourth-order valence-corrected chi connectivity index (χ4v) is 4.14. The van der Waals surface area contributed by atoms with Crippen LogP contribution in [0.15, 0.2) is 67.5 Å². The molecule has 3 aromatic rings. The van der Waals surface area contributed by atoms with Crippen LogP contribution < -0.4 is 21.6 Å². The van der Waals surface area contributed by atoms with Crippen LogP contribution in [0, 0.1) is 0 Å². The summed E-state index contributed by atoms with van der Waals surface area (Å²) in [6.07, 6.45) is 6.25. The monoisotopic (exact) mass is 502 g/mol. The zero-order valence-electron chi connectivity index (χ0n) is 20.6. The standard InChI is InChI=1S/C26H30N8O3/c1-3-25(35)33-13-5-6-18(15-33)34(28)16-19(27)17-9-10-22(24(14-17)37-2)31-26(36)23-8-4-7-20(30-23)21-11-12-29-32-21/h3-4,7-12,14,16,18H,1,5-6,13,15,27-28H2,2H3,(H,29,32)(H,31,36)/b19-16-/t18-/m1/s1. The van der Waals surface area contributed by atoms with E-state index in [1.807, 2.05) is 0 Å². The molecule has 1 aromatic carbocycles. The van der Waals surface area contributed by atoms with Crippen molar-refractivity contribution in [1.29, 1.82) is 0 Å². The molecule has 2 aromatic heterocycles. The van der Waals surface area contributed by atoms with Gasteiger partial charge in [0.2, 0.25) is 5.91 Å². The van der Waals surface area contributed by atoms with Crippen LogP contribution in [0.5, 0.6) is 5.75 Å². The number of amides is 2. The number of piperidine rings is 1. The third kappa shape index (κ3) is 5.96. The number of ether oxygens (including phenoxy) is 1. The lowest BCUT2D eigenvalue weighted by molar-refractivity contribution is -0.127. The molecular weight excluding hydrogens is 472 g/mol. The Morgan fingerprint density at radius 2 is 2.14 bits per heavy atom. The number of anilines is 1. The van der Waals surface area contributed by atoms with Crippen LogP contribution in [0.2, 0.25) is 0 Å². The van der Waals surface area contributed by atoms with E-state index in [0.29, 0.717) is 47.2 Å². The van der Waals surface area contributed by atoms with Gasteiger partial charge in [0.1, 0.15) is 11.4 Å². The summed E-state index contributed by atoms with van der Waals surface area (Å²) < 4.78 is 5.50. The van der Waals surface area contributed by atoms with Crippen LogP contribution >= 0.6 is 0 Å². The molecule has 11 nitrogen and oxygen atoms in total. The number of hydrogen-bond acceptors (Lipinski definition) is 8. The first kappa shape index (κ1) is 25.5. The first-order valence-corrected chi connectivity index (χ1v) is 11.8. The number of aromatic amines is 1. The number of pyridine rings is 1. The van der Waals surface area contributed by atoms with Gasteiger partial charge in [-0.05, 0) is 49.2 Å². The van der Waals surface area contributed by atoms with Crippen LogP contribution in [0.25, 0.3) is 17.1 Å². The lowest BCUT2D eigenvalue weighted by Gasteiger charge is -2.36. The van der Waals surface area contributed by atoms with Gasteiger partial charge in [0.05, 0.1) is 35.9 Å². The number of nitrogens with two attached hydrogens (primary N) is 2. The Balaban J connectivity index is 1.47. The van der Waals surface area contributed by atoms with E-state index in [-0.39, 0.29) is 23.6 Å². The molecular formula is C26H30N8O3. The Labute approximate surface area is 214 Å². The van der Waals surface area contributed by atoms with Crippen molar-refractivity contribution in [2.45, 2.75) is 18.9 Å². The van der Waals surface area contributed by atoms with Crippen molar-refractivity contribution in [3.63, 3.8) is 0 Å². The van der Waals surface area contributed by atoms with Gasteiger partial charge in [0, 0.05) is 31.0 Å². The predicted molar refractivity (Wildman–Crippen MR) is 141 cm³/mol. The molecule has 1 saturated heterocycles. The first-order valence-electron chi connectivity index (χ1n) is 11.8. The van der Waals surface area contributed by atoms with Crippen molar-refractivity contribution in [3.8, 4) is 17.1 Å². The molecule has 0 bridgehead atoms. The molecule has 1 aliphatic rings. The molecule has 192 valence electrons. The molecule has 0 aliphatic carbocycles. The fraction of sp³-hybridized carbons (Fsp3) is 0.231. The summed E-state index contributed by atoms with van der Waals surface area (Å²) >= 11 is 0. The third-order valence-corrected chi connectivity index (χ3v) is 6.13. The van der Waals surface area contributed by atoms with Gasteiger partial charge in [0.25, 0.3) is 5.91 Å². The average molecular weight is 503 g/mol. The van der Waals surface area contributed by atoms with E-state index in [1.54, 1.807) is 64.8 Å². The second kappa shape index (κ2) is 11.4. The van der Waals surface area contributed by atoms with Crippen molar-refractivity contribution in [1.82, 2.24) is 25.1 Å². The van der Waals surface area contributed by atoms with E-state index in [4.69, 9.17) is 16.3 Å². The quantitative estimate of drug-likeness (QED) is 0.208. The maximum atomic E-state index is 12.9. The second-order valence-electron chi connectivity index (χ2n) is 8.56. The normalized spacial score (nSPS) is 15.7. The van der Waals surface area contributed by atoms with Crippen molar-refractivity contribution >= 4 is 23.2 Å². The van der Waals surface area contributed by atoms with Crippen LogP contribution in [-0.4, -0.2) is 63.1 Å². The number of carbonyl (C=O) groups excluding carboxylic acids is 2. The highest BCUT2D eigenvalue weighted by Crippen LogP contribution is 2.28. The lowest BCUT2D eigenvalue weighted by Crippen LogP contribution is -2.50. The molecule has 1 aliphatic heterocycles. The van der Waals surface area contributed by atoms with Gasteiger partial charge in [-0.2, -0.15) is 5.10 Å². The molecule has 1 fully saturated rings. The Kier molecular flexibility index (Phi) is 7.84. The zero-order valence-corrected chi connectivity index (χ0v) is 20.6. The minimum atomic E-state index is -0.389. The van der Waals surface area contributed by atoms with Gasteiger partial charge in [-0.15, -0.1) is 0 Å². The summed E-state index contributed by atoms with van der Waals surface area (Å²) in [5, 5.41) is 11.1. The number of hydrogen-bond donors (Lipinski definition) is 4. The maximum Gasteiger partial charge on any atom is 0.274 e. The number of likely N-dealkylation sites (tertiary alicyclic amines) is 1. The summed E-state index contributed by atoms with van der Waals surface area (Å²) in [7, 11) is 1.51. The van der Waals surface area contributed by atoms with E-state index in [9.17, 15) is 9.59 Å². The Morgan fingerprint density at radius 1 is 1.30 bits per heavy atom. The van der Waals surface area contributed by atoms with Gasteiger partial charge < -0.3 is 25.7 Å². The number of benzene rings is 1. The van der Waals surface area contributed by atoms with Crippen LogP contribution in [0.1, 0.15) is 28.9 Å². The van der Waals surface area contributed by atoms with E-state index < -0.39 is 0 Å². The number of H-pyrrole nitrogens is 1. The van der Waals surface area contributed by atoms with E-state index in [2.05, 4.69) is 27.1 Å². The molecule has 0 radical (unpaired) electrons. The number of methoxy groups -OCH3 is 1. The maximum absolute atomic E-state index is 12.9. The van der Waals surface area contributed by atoms with Gasteiger partial charge >= 0.3 is 0 Å². The molecule has 1 atom stereocenters. The van der Waals surface area contributed by atoms with Crippen molar-refractivity contribution in [2.24, 2.45) is 11.6 Å². The molecule has 0 unspecified atom stereocenters. The summed E-state index contributed by atoms with van der Waals surface area (Å²) in [5.41, 5.74) is 9.44. The number of aromatic nitrogens is 3. The molecule has 11 heteroatoms. The minimum Gasteiger partial charge on any atom is -0.495 e. The third-order valence-electron chi connectivity index (χ3n) is 6.13. The van der Waals surface area contributed by atoms with Gasteiger partial charge in [0.15, 0.2) is 0 Å². The Hall–Kier alpha value is -4.64. The van der Waals surface area contributed by atoms with Gasteiger partial charge in [-0.25, -0.2) is 10.8 Å². The number of nitrogens with zero attached hydrogens (tertiary/aromatic N) is 4.